The normalized spacial score (nSPS) is 11.8. The van der Waals surface area contributed by atoms with Crippen LogP contribution in [0.15, 0.2) is 23.1 Å². The second-order valence-electron chi connectivity index (χ2n) is 5.10. The van der Waals surface area contributed by atoms with Crippen molar-refractivity contribution in [2.75, 3.05) is 0 Å². The Bertz CT molecular complexity index is 400. The van der Waals surface area contributed by atoms with Crippen molar-refractivity contribution < 1.29 is 0 Å². The van der Waals surface area contributed by atoms with Gasteiger partial charge in [0.1, 0.15) is 0 Å². The predicted molar refractivity (Wildman–Crippen MR) is 73.5 cm³/mol. The number of nitrogens with zero attached hydrogens (tertiary/aromatic N) is 1. The molecule has 0 saturated heterocycles. The first kappa shape index (κ1) is 14.0. The van der Waals surface area contributed by atoms with Crippen LogP contribution < -0.4 is 5.56 Å². The van der Waals surface area contributed by atoms with Crippen molar-refractivity contribution in [1.29, 1.82) is 0 Å². The minimum atomic E-state index is 0.103. The van der Waals surface area contributed by atoms with Crippen LogP contribution in [0.1, 0.15) is 58.9 Å². The van der Waals surface area contributed by atoms with Crippen molar-refractivity contribution in [1.82, 2.24) is 4.57 Å². The molecule has 96 valence electrons. The van der Waals surface area contributed by atoms with E-state index in [0.29, 0.717) is 0 Å². The van der Waals surface area contributed by atoms with Crippen LogP contribution in [0, 0.1) is 0 Å². The lowest BCUT2D eigenvalue weighted by Crippen LogP contribution is -2.26. The highest BCUT2D eigenvalue weighted by Crippen LogP contribution is 2.33. The van der Waals surface area contributed by atoms with Gasteiger partial charge in [-0.1, -0.05) is 39.7 Å². The summed E-state index contributed by atoms with van der Waals surface area (Å²) in [5.74, 6) is 0. The fourth-order valence-corrected chi connectivity index (χ4v) is 2.65. The molecule has 0 N–H and O–H groups in total. The maximum Gasteiger partial charge on any atom is 0.250 e. The molecule has 1 aromatic rings. The molecule has 0 fully saturated rings. The molecule has 0 unspecified atom stereocenters. The molecule has 17 heavy (non-hydrogen) atoms. The Hall–Kier alpha value is -1.05. The zero-order valence-electron chi connectivity index (χ0n) is 11.6. The van der Waals surface area contributed by atoms with Gasteiger partial charge >= 0.3 is 0 Å². The lowest BCUT2D eigenvalue weighted by molar-refractivity contribution is 0.388. The summed E-state index contributed by atoms with van der Waals surface area (Å²) in [6.07, 6.45) is 6.78. The first-order valence-electron chi connectivity index (χ1n) is 6.78. The van der Waals surface area contributed by atoms with E-state index in [-0.39, 0.29) is 11.0 Å². The van der Waals surface area contributed by atoms with Gasteiger partial charge in [-0.05, 0) is 30.7 Å². The van der Waals surface area contributed by atoms with Gasteiger partial charge in [-0.2, -0.15) is 0 Å². The van der Waals surface area contributed by atoms with Crippen LogP contribution in [0.25, 0.3) is 0 Å². The third-order valence-corrected chi connectivity index (χ3v) is 3.62. The first-order valence-corrected chi connectivity index (χ1v) is 6.78. The van der Waals surface area contributed by atoms with Crippen LogP contribution >= 0.6 is 0 Å². The first-order chi connectivity index (χ1) is 8.07. The van der Waals surface area contributed by atoms with E-state index in [1.807, 2.05) is 19.2 Å². The van der Waals surface area contributed by atoms with Crippen LogP contribution in [0.2, 0.25) is 0 Å². The van der Waals surface area contributed by atoms with Crippen molar-refractivity contribution >= 4 is 0 Å². The van der Waals surface area contributed by atoms with Crippen LogP contribution in [0.4, 0.5) is 0 Å². The maximum absolute atomic E-state index is 11.6. The van der Waals surface area contributed by atoms with Gasteiger partial charge in [0, 0.05) is 18.8 Å². The molecule has 0 atom stereocenters. The van der Waals surface area contributed by atoms with E-state index in [4.69, 9.17) is 0 Å². The summed E-state index contributed by atoms with van der Waals surface area (Å²) in [4.78, 5) is 11.6. The fraction of sp³-hybridized carbons (Fsp3) is 0.667. The van der Waals surface area contributed by atoms with E-state index in [0.717, 1.165) is 6.54 Å². The van der Waals surface area contributed by atoms with E-state index in [1.165, 1.54) is 31.2 Å². The van der Waals surface area contributed by atoms with Gasteiger partial charge in [-0.15, -0.1) is 0 Å². The molecule has 0 aliphatic rings. The second kappa shape index (κ2) is 6.04. The fourth-order valence-electron chi connectivity index (χ4n) is 2.65. The van der Waals surface area contributed by atoms with E-state index >= 15 is 0 Å². The Morgan fingerprint density at radius 3 is 2.18 bits per heavy atom. The Morgan fingerprint density at radius 2 is 1.71 bits per heavy atom. The van der Waals surface area contributed by atoms with Crippen LogP contribution in [-0.2, 0) is 12.0 Å². The quantitative estimate of drug-likeness (QED) is 0.736. The Morgan fingerprint density at radius 1 is 1.12 bits per heavy atom. The third-order valence-electron chi connectivity index (χ3n) is 3.62. The van der Waals surface area contributed by atoms with Gasteiger partial charge in [0.2, 0.25) is 0 Å². The van der Waals surface area contributed by atoms with E-state index in [1.54, 1.807) is 10.6 Å². The summed E-state index contributed by atoms with van der Waals surface area (Å²) in [5.41, 5.74) is 1.63. The number of aryl methyl sites for hydroxylation is 1. The van der Waals surface area contributed by atoms with E-state index in [2.05, 4.69) is 20.8 Å². The van der Waals surface area contributed by atoms with Crippen LogP contribution in [-0.4, -0.2) is 4.57 Å². The number of hydrogen-bond acceptors (Lipinski definition) is 1. The molecule has 0 aromatic carbocycles. The van der Waals surface area contributed by atoms with Gasteiger partial charge in [0.05, 0.1) is 0 Å². The van der Waals surface area contributed by atoms with Gasteiger partial charge < -0.3 is 4.57 Å². The SMILES string of the molecule is CCCC(C)(CCC)c1ccc(=O)n(CC)c1. The zero-order chi connectivity index (χ0) is 12.9. The smallest absolute Gasteiger partial charge is 0.250 e. The average molecular weight is 235 g/mol. The summed E-state index contributed by atoms with van der Waals surface area (Å²) in [6.45, 7) is 9.54. The molecule has 1 heterocycles. The lowest BCUT2D eigenvalue weighted by atomic mass is 9.76. The van der Waals surface area contributed by atoms with Crippen molar-refractivity contribution in [2.45, 2.75) is 65.3 Å². The second-order valence-corrected chi connectivity index (χ2v) is 5.10. The highest BCUT2D eigenvalue weighted by atomic mass is 16.1. The standard InChI is InChI=1S/C15H25NO/c1-5-10-15(4,11-6-2)13-8-9-14(17)16(7-3)12-13/h8-9,12H,5-7,10-11H2,1-4H3. The van der Waals surface area contributed by atoms with E-state index in [9.17, 15) is 4.79 Å². The molecule has 0 aliphatic heterocycles. The highest BCUT2D eigenvalue weighted by Gasteiger charge is 2.25. The van der Waals surface area contributed by atoms with Crippen molar-refractivity contribution in [3.8, 4) is 0 Å². The molecule has 1 rings (SSSR count). The summed E-state index contributed by atoms with van der Waals surface area (Å²) in [6, 6.07) is 3.72. The number of rotatable bonds is 6. The third kappa shape index (κ3) is 3.21. The summed E-state index contributed by atoms with van der Waals surface area (Å²) in [5, 5.41) is 0. The number of hydrogen-bond donors (Lipinski definition) is 0. The zero-order valence-corrected chi connectivity index (χ0v) is 11.6. The highest BCUT2D eigenvalue weighted by molar-refractivity contribution is 5.21. The minimum Gasteiger partial charge on any atom is -0.316 e. The lowest BCUT2D eigenvalue weighted by Gasteiger charge is -2.30. The Kier molecular flexibility index (Phi) is 4.98. The Balaban J connectivity index is 3.14. The molecule has 2 nitrogen and oxygen atoms in total. The Labute approximate surface area is 105 Å². The van der Waals surface area contributed by atoms with Gasteiger partial charge in [-0.3, -0.25) is 4.79 Å². The van der Waals surface area contributed by atoms with Crippen molar-refractivity contribution in [3.05, 3.63) is 34.2 Å². The monoisotopic (exact) mass is 235 g/mol. The predicted octanol–water partition coefficient (Wildman–Crippen LogP) is 3.73. The number of aromatic nitrogens is 1. The average Bonchev–Trinajstić information content (AvgIpc) is 2.30. The molecule has 0 radical (unpaired) electrons. The van der Waals surface area contributed by atoms with Gasteiger partial charge in [0.15, 0.2) is 0 Å². The topological polar surface area (TPSA) is 22.0 Å². The molecule has 0 saturated carbocycles. The van der Waals surface area contributed by atoms with Gasteiger partial charge in [-0.25, -0.2) is 0 Å². The summed E-state index contributed by atoms with van der Waals surface area (Å²) in [7, 11) is 0. The van der Waals surface area contributed by atoms with Gasteiger partial charge in [0.25, 0.3) is 5.56 Å². The molecular formula is C15H25NO. The molecule has 1 aromatic heterocycles. The van der Waals surface area contributed by atoms with Crippen molar-refractivity contribution in [3.63, 3.8) is 0 Å². The summed E-state index contributed by atoms with van der Waals surface area (Å²) >= 11 is 0. The minimum absolute atomic E-state index is 0.103. The molecular weight excluding hydrogens is 210 g/mol. The maximum atomic E-state index is 11.6. The molecule has 0 spiro atoms. The molecule has 0 aliphatic carbocycles. The molecule has 2 heteroatoms. The van der Waals surface area contributed by atoms with Crippen LogP contribution in [0.5, 0.6) is 0 Å². The number of pyridine rings is 1. The largest absolute Gasteiger partial charge is 0.316 e. The molecule has 0 bridgehead atoms. The van der Waals surface area contributed by atoms with Crippen molar-refractivity contribution in [2.24, 2.45) is 0 Å². The van der Waals surface area contributed by atoms with Crippen LogP contribution in [0.3, 0.4) is 0 Å². The van der Waals surface area contributed by atoms with E-state index < -0.39 is 0 Å². The summed E-state index contributed by atoms with van der Waals surface area (Å²) < 4.78 is 1.80. The molecule has 0 amide bonds.